The number of nitrogens with zero attached hydrogens (tertiary/aromatic N) is 1. The van der Waals surface area contributed by atoms with Crippen LogP contribution in [0.3, 0.4) is 0 Å². The van der Waals surface area contributed by atoms with Gasteiger partial charge in [-0.15, -0.1) is 0 Å². The number of benzene rings is 1. The minimum Gasteiger partial charge on any atom is -0.461 e. The molecule has 5 N–H and O–H groups in total. The second-order valence-corrected chi connectivity index (χ2v) is 12.9. The number of para-hydroxylation sites is 1. The summed E-state index contributed by atoms with van der Waals surface area (Å²) in [6, 6.07) is 10.2. The van der Waals surface area contributed by atoms with E-state index in [1.165, 1.54) is 6.92 Å². The van der Waals surface area contributed by atoms with Gasteiger partial charge in [0.15, 0.2) is 6.23 Å². The lowest BCUT2D eigenvalue weighted by Gasteiger charge is -2.27. The van der Waals surface area contributed by atoms with Gasteiger partial charge >= 0.3 is 11.6 Å². The Morgan fingerprint density at radius 3 is 2.59 bits per heavy atom. The molecule has 39 heavy (non-hydrogen) atoms. The predicted molar refractivity (Wildman–Crippen MR) is 145 cm³/mol. The van der Waals surface area contributed by atoms with Crippen LogP contribution in [-0.4, -0.2) is 55.2 Å². The summed E-state index contributed by atoms with van der Waals surface area (Å²) in [6.07, 6.45) is 2.17. The van der Waals surface area contributed by atoms with Crippen molar-refractivity contribution in [2.45, 2.75) is 76.1 Å². The highest BCUT2D eigenvalue weighted by atomic mass is 32.5. The molecule has 1 saturated heterocycles. The largest absolute Gasteiger partial charge is 0.461 e. The van der Waals surface area contributed by atoms with Crippen molar-refractivity contribution < 1.29 is 33.8 Å². The minimum absolute atomic E-state index is 0.0378. The molecular formula is C25H34N3O9PS. The number of ether oxygens (including phenoxy) is 3. The van der Waals surface area contributed by atoms with E-state index in [-0.39, 0.29) is 12.0 Å². The SMILES string of the molecule is CC(NP(O)(=S)OC[C@H]1O[C@@H](n2ccc(=O)[nH]c2=O)[C@](C)(O)[C@@H]1O)=C(Oc1ccccc1)OC1CCCCC1. The molecule has 2 fully saturated rings. The van der Waals surface area contributed by atoms with Gasteiger partial charge in [-0.1, -0.05) is 24.6 Å². The maximum atomic E-state index is 12.2. The van der Waals surface area contributed by atoms with Gasteiger partial charge in [0.2, 0.25) is 0 Å². The summed E-state index contributed by atoms with van der Waals surface area (Å²) >= 11 is 5.29. The Balaban J connectivity index is 1.46. The molecule has 0 amide bonds. The number of aliphatic hydroxyl groups is 2. The lowest BCUT2D eigenvalue weighted by molar-refractivity contribution is -0.0984. The molecule has 4 rings (SSSR count). The highest BCUT2D eigenvalue weighted by Crippen LogP contribution is 2.43. The Hall–Kier alpha value is -2.51. The fourth-order valence-electron chi connectivity index (χ4n) is 4.57. The fourth-order valence-corrected chi connectivity index (χ4v) is 6.10. The maximum Gasteiger partial charge on any atom is 0.330 e. The van der Waals surface area contributed by atoms with Crippen LogP contribution in [0, 0.1) is 0 Å². The van der Waals surface area contributed by atoms with Crippen molar-refractivity contribution in [1.29, 1.82) is 0 Å². The molecule has 1 aromatic heterocycles. The van der Waals surface area contributed by atoms with Crippen molar-refractivity contribution >= 4 is 18.4 Å². The van der Waals surface area contributed by atoms with Crippen LogP contribution in [-0.2, 0) is 25.8 Å². The first-order valence-electron chi connectivity index (χ1n) is 12.7. The van der Waals surface area contributed by atoms with Gasteiger partial charge in [-0.3, -0.25) is 14.3 Å². The van der Waals surface area contributed by atoms with Crippen LogP contribution in [0.15, 0.2) is 63.8 Å². The van der Waals surface area contributed by atoms with Gasteiger partial charge in [0.05, 0.1) is 12.3 Å². The molecular weight excluding hydrogens is 549 g/mol. The van der Waals surface area contributed by atoms with Crippen molar-refractivity contribution in [2.24, 2.45) is 0 Å². The maximum absolute atomic E-state index is 12.2. The number of aromatic amines is 1. The Kier molecular flexibility index (Phi) is 9.33. The standard InChI is InChI=1S/C25H34N3O9PS/c1-16(22(35-17-9-5-3-6-10-17)36-18-11-7-4-8-12-18)27-38(33,39)34-15-19-21(30)25(2,32)23(37-19)28-14-13-20(29)26-24(28)31/h3,5-6,9-10,13-14,18-19,21,23,30,32H,4,7-8,11-12,15H2,1-2H3,(H,26,29,31)(H2,27,33,39)/t19-,21-,23-,25-,38?/m1/s1. The zero-order chi connectivity index (χ0) is 28.2. The third-order valence-corrected chi connectivity index (χ3v) is 8.37. The summed E-state index contributed by atoms with van der Waals surface area (Å²) in [5.74, 6) is 0.711. The van der Waals surface area contributed by atoms with Gasteiger partial charge in [-0.05, 0) is 63.5 Å². The van der Waals surface area contributed by atoms with E-state index in [9.17, 15) is 24.7 Å². The number of aromatic nitrogens is 2. The van der Waals surface area contributed by atoms with Gasteiger partial charge in [0.1, 0.15) is 29.7 Å². The van der Waals surface area contributed by atoms with Crippen LogP contribution < -0.4 is 21.1 Å². The average molecular weight is 584 g/mol. The average Bonchev–Trinajstić information content (AvgIpc) is 3.11. The number of nitrogens with one attached hydrogen (secondary N) is 2. The molecule has 1 aromatic carbocycles. The van der Waals surface area contributed by atoms with Crippen molar-refractivity contribution in [3.8, 4) is 5.75 Å². The molecule has 0 spiro atoms. The fraction of sp³-hybridized carbons (Fsp3) is 0.520. The first kappa shape index (κ1) is 29.5. The summed E-state index contributed by atoms with van der Waals surface area (Å²) in [7, 11) is 0. The zero-order valence-corrected chi connectivity index (χ0v) is 23.4. The third-order valence-electron chi connectivity index (χ3n) is 6.67. The number of rotatable bonds is 10. The van der Waals surface area contributed by atoms with E-state index in [1.54, 1.807) is 19.1 Å². The molecule has 2 aromatic rings. The van der Waals surface area contributed by atoms with E-state index in [0.29, 0.717) is 11.4 Å². The van der Waals surface area contributed by atoms with Gasteiger partial charge < -0.3 is 38.9 Å². The zero-order valence-electron chi connectivity index (χ0n) is 21.7. The summed E-state index contributed by atoms with van der Waals surface area (Å²) in [5, 5.41) is 24.3. The highest BCUT2D eigenvalue weighted by molar-refractivity contribution is 8.08. The summed E-state index contributed by atoms with van der Waals surface area (Å²) < 4.78 is 24.4. The molecule has 5 atom stereocenters. The van der Waals surface area contributed by atoms with E-state index in [0.717, 1.165) is 48.9 Å². The van der Waals surface area contributed by atoms with E-state index in [4.69, 9.17) is 30.5 Å². The Morgan fingerprint density at radius 1 is 1.23 bits per heavy atom. The molecule has 2 heterocycles. The quantitative estimate of drug-likeness (QED) is 0.205. The molecule has 12 nitrogen and oxygen atoms in total. The summed E-state index contributed by atoms with van der Waals surface area (Å²) in [6.45, 7) is -1.18. The van der Waals surface area contributed by atoms with Crippen LogP contribution in [0.25, 0.3) is 0 Å². The summed E-state index contributed by atoms with van der Waals surface area (Å²) in [4.78, 5) is 36.6. The van der Waals surface area contributed by atoms with E-state index in [2.05, 4.69) is 10.1 Å². The number of hydrogen-bond acceptors (Lipinski definition) is 9. The van der Waals surface area contributed by atoms with Crippen molar-refractivity contribution in [3.63, 3.8) is 0 Å². The van der Waals surface area contributed by atoms with Crippen LogP contribution in [0.2, 0.25) is 0 Å². The van der Waals surface area contributed by atoms with Gasteiger partial charge in [0.25, 0.3) is 12.2 Å². The number of hydrogen-bond donors (Lipinski definition) is 5. The van der Waals surface area contributed by atoms with Gasteiger partial charge in [0, 0.05) is 12.3 Å². The van der Waals surface area contributed by atoms with Crippen LogP contribution in [0.5, 0.6) is 5.75 Å². The first-order valence-corrected chi connectivity index (χ1v) is 15.4. The number of aliphatic hydroxyl groups excluding tert-OH is 1. The molecule has 2 aliphatic rings. The summed E-state index contributed by atoms with van der Waals surface area (Å²) in [5.41, 5.74) is -3.03. The van der Waals surface area contributed by atoms with Crippen LogP contribution in [0.1, 0.15) is 52.2 Å². The van der Waals surface area contributed by atoms with E-state index >= 15 is 0 Å². The van der Waals surface area contributed by atoms with Crippen molar-refractivity contribution in [1.82, 2.24) is 14.6 Å². The number of allylic oxidation sites excluding steroid dienone is 1. The second kappa shape index (κ2) is 12.3. The van der Waals surface area contributed by atoms with Crippen LogP contribution >= 0.6 is 6.64 Å². The van der Waals surface area contributed by atoms with E-state index < -0.39 is 48.5 Å². The highest BCUT2D eigenvalue weighted by Gasteiger charge is 2.53. The van der Waals surface area contributed by atoms with Crippen LogP contribution in [0.4, 0.5) is 0 Å². The second-order valence-electron chi connectivity index (χ2n) is 9.85. The predicted octanol–water partition coefficient (Wildman–Crippen LogP) is 1.99. The normalized spacial score (nSPS) is 27.9. The third kappa shape index (κ3) is 7.37. The lowest BCUT2D eigenvalue weighted by atomic mass is 9.96. The molecule has 1 saturated carbocycles. The Bertz CT molecular complexity index is 1320. The van der Waals surface area contributed by atoms with Gasteiger partial charge in [-0.25, -0.2) is 4.79 Å². The van der Waals surface area contributed by atoms with Crippen molar-refractivity contribution in [2.75, 3.05) is 6.61 Å². The Labute approximate surface area is 230 Å². The molecule has 1 aliphatic heterocycles. The molecule has 1 unspecified atom stereocenters. The molecule has 0 bridgehead atoms. The smallest absolute Gasteiger partial charge is 0.330 e. The first-order chi connectivity index (χ1) is 18.5. The molecule has 0 radical (unpaired) electrons. The molecule has 214 valence electrons. The van der Waals surface area contributed by atoms with E-state index in [1.807, 2.05) is 18.2 Å². The lowest BCUT2D eigenvalue weighted by Crippen LogP contribution is -2.46. The monoisotopic (exact) mass is 583 g/mol. The number of H-pyrrole nitrogens is 1. The topological polar surface area (TPSA) is 164 Å². The molecule has 14 heteroatoms. The minimum atomic E-state index is -3.71. The van der Waals surface area contributed by atoms with Gasteiger partial charge in [-0.2, -0.15) is 0 Å². The molecule has 1 aliphatic carbocycles. The van der Waals surface area contributed by atoms with Crippen molar-refractivity contribution in [3.05, 3.63) is 75.1 Å². The Morgan fingerprint density at radius 2 is 1.92 bits per heavy atom.